The van der Waals surface area contributed by atoms with E-state index in [0.29, 0.717) is 29.8 Å². The van der Waals surface area contributed by atoms with Crippen molar-refractivity contribution in [2.24, 2.45) is 11.8 Å². The van der Waals surface area contributed by atoms with Crippen LogP contribution < -0.4 is 10.2 Å². The second-order valence-corrected chi connectivity index (χ2v) is 9.45. The number of fused-ring (bicyclic) bond motifs is 1. The van der Waals surface area contributed by atoms with Gasteiger partial charge < -0.3 is 5.32 Å². The monoisotopic (exact) mass is 504 g/mol. The van der Waals surface area contributed by atoms with Crippen molar-refractivity contribution in [3.8, 4) is 0 Å². The Labute approximate surface area is 179 Å². The lowest BCUT2D eigenvalue weighted by atomic mass is 9.81. The largest absolute Gasteiger partial charge is 0.322 e. The van der Waals surface area contributed by atoms with Crippen molar-refractivity contribution >= 4 is 61.0 Å². The summed E-state index contributed by atoms with van der Waals surface area (Å²) >= 11 is 7.19. The number of anilines is 2. The number of nitrogens with one attached hydrogen (secondary N) is 1. The molecule has 1 heterocycles. The molecule has 0 spiro atoms. The van der Waals surface area contributed by atoms with Crippen LogP contribution >= 0.6 is 31.9 Å². The summed E-state index contributed by atoms with van der Waals surface area (Å²) in [5, 5.41) is 2.82. The molecular weight excluding hydrogens is 488 g/mol. The second-order valence-electron chi connectivity index (χ2n) is 7.10. The lowest BCUT2D eigenvalue weighted by Gasteiger charge is -2.29. The van der Waals surface area contributed by atoms with Crippen molar-refractivity contribution in [1.82, 2.24) is 0 Å². The summed E-state index contributed by atoms with van der Waals surface area (Å²) in [7, 11) is 0. The molecule has 3 amide bonds. The van der Waals surface area contributed by atoms with E-state index in [0.717, 1.165) is 0 Å². The van der Waals surface area contributed by atoms with Gasteiger partial charge in [0.15, 0.2) is 0 Å². The van der Waals surface area contributed by atoms with E-state index in [4.69, 9.17) is 0 Å². The summed E-state index contributed by atoms with van der Waals surface area (Å²) in [6.45, 7) is 0. The number of halogens is 2. The molecule has 2 aromatic rings. The second kappa shape index (κ2) is 7.79. The highest BCUT2D eigenvalue weighted by molar-refractivity contribution is 9.12. The van der Waals surface area contributed by atoms with E-state index >= 15 is 0 Å². The minimum absolute atomic E-state index is 0.152. The highest BCUT2D eigenvalue weighted by Gasteiger charge is 2.52. The quantitative estimate of drug-likeness (QED) is 0.497. The fraction of sp³-hybridized carbons (Fsp3) is 0.286. The smallest absolute Gasteiger partial charge is 0.255 e. The van der Waals surface area contributed by atoms with Gasteiger partial charge in [-0.1, -0.05) is 50.1 Å². The molecule has 5 nitrogen and oxygen atoms in total. The van der Waals surface area contributed by atoms with Gasteiger partial charge in [0.25, 0.3) is 5.91 Å². The Morgan fingerprint density at radius 3 is 1.93 bits per heavy atom. The van der Waals surface area contributed by atoms with Crippen LogP contribution in [0.25, 0.3) is 0 Å². The topological polar surface area (TPSA) is 66.5 Å². The van der Waals surface area contributed by atoms with Crippen LogP contribution in [-0.4, -0.2) is 27.4 Å². The molecule has 1 aliphatic heterocycles. The van der Waals surface area contributed by atoms with Crippen molar-refractivity contribution in [3.05, 3.63) is 60.2 Å². The summed E-state index contributed by atoms with van der Waals surface area (Å²) in [6, 6.07) is 15.8. The number of hydrogen-bond donors (Lipinski definition) is 1. The van der Waals surface area contributed by atoms with Crippen LogP contribution in [0.15, 0.2) is 54.6 Å². The fourth-order valence-electron chi connectivity index (χ4n) is 3.84. The highest BCUT2D eigenvalue weighted by Crippen LogP contribution is 2.44. The Balaban J connectivity index is 1.52. The molecular formula is C21H18Br2N2O3. The molecule has 2 aromatic carbocycles. The van der Waals surface area contributed by atoms with E-state index in [1.807, 2.05) is 30.3 Å². The first-order chi connectivity index (χ1) is 13.5. The first-order valence-electron chi connectivity index (χ1n) is 9.08. The molecule has 2 aliphatic rings. The Hall–Kier alpha value is -1.99. The third-order valence-electron chi connectivity index (χ3n) is 5.33. The molecule has 144 valence electrons. The number of amides is 3. The number of alkyl halides is 2. The first-order valence-corrected chi connectivity index (χ1v) is 10.9. The third-order valence-corrected chi connectivity index (χ3v) is 8.06. The van der Waals surface area contributed by atoms with Gasteiger partial charge in [-0.15, -0.1) is 0 Å². The molecule has 0 unspecified atom stereocenters. The van der Waals surface area contributed by atoms with Gasteiger partial charge in [0.2, 0.25) is 11.8 Å². The van der Waals surface area contributed by atoms with E-state index in [9.17, 15) is 14.4 Å². The van der Waals surface area contributed by atoms with Gasteiger partial charge in [-0.25, -0.2) is 0 Å². The maximum atomic E-state index is 12.9. The molecule has 4 atom stereocenters. The SMILES string of the molecule is O=C(Nc1ccccc1)c1ccc(N2C(=O)[C@H]3C[C@@H](Br)[C@@H](Br)C[C@H]3C2=O)cc1. The Morgan fingerprint density at radius 2 is 1.39 bits per heavy atom. The molecule has 0 bridgehead atoms. The number of hydrogen-bond acceptors (Lipinski definition) is 3. The van der Waals surface area contributed by atoms with Gasteiger partial charge in [0.1, 0.15) is 0 Å². The maximum absolute atomic E-state index is 12.9. The van der Waals surface area contributed by atoms with Crippen LogP contribution in [0.5, 0.6) is 0 Å². The summed E-state index contributed by atoms with van der Waals surface area (Å²) in [5.74, 6) is -1.12. The average Bonchev–Trinajstić information content (AvgIpc) is 2.93. The van der Waals surface area contributed by atoms with Gasteiger partial charge in [0, 0.05) is 20.9 Å². The highest BCUT2D eigenvalue weighted by atomic mass is 79.9. The summed E-state index contributed by atoms with van der Waals surface area (Å²) < 4.78 is 0. The van der Waals surface area contributed by atoms with E-state index in [1.54, 1.807) is 24.3 Å². The maximum Gasteiger partial charge on any atom is 0.255 e. The summed E-state index contributed by atoms with van der Waals surface area (Å²) in [5.41, 5.74) is 1.68. The Morgan fingerprint density at radius 1 is 0.857 bits per heavy atom. The van der Waals surface area contributed by atoms with E-state index in [1.165, 1.54) is 4.90 Å². The summed E-state index contributed by atoms with van der Waals surface area (Å²) in [6.07, 6.45) is 1.28. The predicted octanol–water partition coefficient (Wildman–Crippen LogP) is 4.37. The molecule has 0 radical (unpaired) electrons. The van der Waals surface area contributed by atoms with Crippen molar-refractivity contribution < 1.29 is 14.4 Å². The predicted molar refractivity (Wildman–Crippen MR) is 115 cm³/mol. The number of carbonyl (C=O) groups excluding carboxylic acids is 3. The normalized spacial score (nSPS) is 26.9. The molecule has 0 aromatic heterocycles. The van der Waals surface area contributed by atoms with Crippen LogP contribution in [0.1, 0.15) is 23.2 Å². The number of rotatable bonds is 3. The van der Waals surface area contributed by atoms with Gasteiger partial charge in [0.05, 0.1) is 17.5 Å². The fourth-order valence-corrected chi connectivity index (χ4v) is 5.07. The lowest BCUT2D eigenvalue weighted by Crippen LogP contribution is -2.34. The van der Waals surface area contributed by atoms with Crippen LogP contribution in [-0.2, 0) is 9.59 Å². The Bertz CT molecular complexity index is 889. The Kier molecular flexibility index (Phi) is 5.38. The number of imide groups is 1. The third kappa shape index (κ3) is 3.53. The minimum Gasteiger partial charge on any atom is -0.322 e. The first kappa shape index (κ1) is 19.3. The number of carbonyl (C=O) groups is 3. The zero-order chi connectivity index (χ0) is 19.8. The number of para-hydroxylation sites is 1. The average molecular weight is 506 g/mol. The van der Waals surface area contributed by atoms with Gasteiger partial charge in [-0.2, -0.15) is 0 Å². The minimum atomic E-state index is -0.285. The molecule has 1 saturated heterocycles. The molecule has 1 saturated carbocycles. The van der Waals surface area contributed by atoms with E-state index < -0.39 is 0 Å². The van der Waals surface area contributed by atoms with E-state index in [-0.39, 0.29) is 39.2 Å². The lowest BCUT2D eigenvalue weighted by molar-refractivity contribution is -0.122. The number of nitrogens with zero attached hydrogens (tertiary/aromatic N) is 1. The van der Waals surface area contributed by atoms with Crippen molar-refractivity contribution in [2.45, 2.75) is 22.5 Å². The molecule has 7 heteroatoms. The molecule has 1 aliphatic carbocycles. The molecule has 2 fully saturated rings. The van der Waals surface area contributed by atoms with Crippen molar-refractivity contribution in [1.29, 1.82) is 0 Å². The zero-order valence-corrected chi connectivity index (χ0v) is 18.0. The standard InChI is InChI=1S/C21H18Br2N2O3/c22-17-10-15-16(11-18(17)23)21(28)25(20(15)27)14-8-6-12(7-9-14)19(26)24-13-4-2-1-3-5-13/h1-9,15-18H,10-11H2,(H,24,26)/t15-,16+,17+,18-. The van der Waals surface area contributed by atoms with Crippen LogP contribution in [0.4, 0.5) is 11.4 Å². The number of benzene rings is 2. The molecule has 4 rings (SSSR count). The van der Waals surface area contributed by atoms with Crippen LogP contribution in [0.3, 0.4) is 0 Å². The molecule has 28 heavy (non-hydrogen) atoms. The summed E-state index contributed by atoms with van der Waals surface area (Å²) in [4.78, 5) is 39.7. The molecule has 1 N–H and O–H groups in total. The van der Waals surface area contributed by atoms with Crippen molar-refractivity contribution in [3.63, 3.8) is 0 Å². The van der Waals surface area contributed by atoms with Gasteiger partial charge >= 0.3 is 0 Å². The van der Waals surface area contributed by atoms with E-state index in [2.05, 4.69) is 37.2 Å². The van der Waals surface area contributed by atoms with Gasteiger partial charge in [-0.05, 0) is 49.2 Å². The van der Waals surface area contributed by atoms with Gasteiger partial charge in [-0.3, -0.25) is 19.3 Å². The van der Waals surface area contributed by atoms with Crippen LogP contribution in [0.2, 0.25) is 0 Å². The van der Waals surface area contributed by atoms with Crippen LogP contribution in [0, 0.1) is 11.8 Å². The zero-order valence-electron chi connectivity index (χ0n) is 14.8. The van der Waals surface area contributed by atoms with Crippen molar-refractivity contribution in [2.75, 3.05) is 10.2 Å².